The minimum atomic E-state index is -0.644. The number of amides is 1. The van der Waals surface area contributed by atoms with Gasteiger partial charge in [-0.15, -0.1) is 0 Å². The first-order chi connectivity index (χ1) is 11.5. The highest BCUT2D eigenvalue weighted by Crippen LogP contribution is 2.23. The number of pyridine rings is 1. The number of carbonyl (C=O) groups is 2. The van der Waals surface area contributed by atoms with Crippen molar-refractivity contribution in [3.63, 3.8) is 0 Å². The topological polar surface area (TPSA) is 88.5 Å². The zero-order chi connectivity index (χ0) is 17.5. The van der Waals surface area contributed by atoms with Gasteiger partial charge in [0.15, 0.2) is 0 Å². The normalized spacial score (nSPS) is 10.2. The molecule has 1 aromatic carbocycles. The van der Waals surface area contributed by atoms with Crippen LogP contribution in [-0.2, 0) is 11.2 Å². The number of anilines is 1. The number of hydrogen-bond acceptors (Lipinski definition) is 5. The SMILES string of the molecule is CCCCc1ccc(C(=O)Nc2ccc(C(=O)OC)c(O)c2)nc1. The third-order valence-corrected chi connectivity index (χ3v) is 3.54. The summed E-state index contributed by atoms with van der Waals surface area (Å²) in [5.41, 5.74) is 1.77. The van der Waals surface area contributed by atoms with Crippen LogP contribution in [0.15, 0.2) is 36.5 Å². The molecule has 0 aliphatic heterocycles. The van der Waals surface area contributed by atoms with Gasteiger partial charge in [-0.2, -0.15) is 0 Å². The average molecular weight is 328 g/mol. The molecule has 0 atom stereocenters. The van der Waals surface area contributed by atoms with Gasteiger partial charge in [-0.25, -0.2) is 4.79 Å². The number of methoxy groups -OCH3 is 1. The Bertz CT molecular complexity index is 726. The second-order valence-electron chi connectivity index (χ2n) is 5.33. The Hall–Kier alpha value is -2.89. The van der Waals surface area contributed by atoms with Gasteiger partial charge in [0.05, 0.1) is 7.11 Å². The summed E-state index contributed by atoms with van der Waals surface area (Å²) in [5, 5.41) is 12.5. The summed E-state index contributed by atoms with van der Waals surface area (Å²) in [6.45, 7) is 2.12. The molecule has 0 aliphatic carbocycles. The average Bonchev–Trinajstić information content (AvgIpc) is 2.59. The number of benzene rings is 1. The van der Waals surface area contributed by atoms with Crippen molar-refractivity contribution in [3.8, 4) is 5.75 Å². The van der Waals surface area contributed by atoms with Crippen molar-refractivity contribution in [2.45, 2.75) is 26.2 Å². The summed E-state index contributed by atoms with van der Waals surface area (Å²) < 4.78 is 4.55. The number of aromatic hydroxyl groups is 1. The van der Waals surface area contributed by atoms with Gasteiger partial charge in [0.2, 0.25) is 0 Å². The molecule has 24 heavy (non-hydrogen) atoms. The van der Waals surface area contributed by atoms with Gasteiger partial charge in [0, 0.05) is 18.0 Å². The highest BCUT2D eigenvalue weighted by atomic mass is 16.5. The lowest BCUT2D eigenvalue weighted by molar-refractivity contribution is 0.0597. The molecule has 0 radical (unpaired) electrons. The number of rotatable bonds is 6. The number of unbranched alkanes of at least 4 members (excludes halogenated alkanes) is 1. The van der Waals surface area contributed by atoms with E-state index in [1.807, 2.05) is 6.07 Å². The van der Waals surface area contributed by atoms with E-state index in [-0.39, 0.29) is 22.9 Å². The first-order valence-corrected chi connectivity index (χ1v) is 7.72. The quantitative estimate of drug-likeness (QED) is 0.795. The molecule has 2 aromatic rings. The van der Waals surface area contributed by atoms with E-state index in [1.54, 1.807) is 12.3 Å². The fourth-order valence-electron chi connectivity index (χ4n) is 2.17. The Labute approximate surface area is 140 Å². The largest absolute Gasteiger partial charge is 0.507 e. The van der Waals surface area contributed by atoms with Crippen molar-refractivity contribution in [2.24, 2.45) is 0 Å². The zero-order valence-electron chi connectivity index (χ0n) is 13.7. The molecule has 0 saturated carbocycles. The van der Waals surface area contributed by atoms with Crippen LogP contribution < -0.4 is 5.32 Å². The van der Waals surface area contributed by atoms with E-state index in [0.717, 1.165) is 24.8 Å². The van der Waals surface area contributed by atoms with Crippen LogP contribution in [0.5, 0.6) is 5.75 Å². The molecule has 6 heteroatoms. The second kappa shape index (κ2) is 8.10. The predicted octanol–water partition coefficient (Wildman–Crippen LogP) is 3.17. The first kappa shape index (κ1) is 17.5. The van der Waals surface area contributed by atoms with Gasteiger partial charge >= 0.3 is 5.97 Å². The third-order valence-electron chi connectivity index (χ3n) is 3.54. The van der Waals surface area contributed by atoms with E-state index in [0.29, 0.717) is 5.69 Å². The van der Waals surface area contributed by atoms with Crippen LogP contribution in [0.2, 0.25) is 0 Å². The summed E-state index contributed by atoms with van der Waals surface area (Å²) in [5.74, 6) is -1.29. The molecule has 2 rings (SSSR count). The van der Waals surface area contributed by atoms with E-state index in [9.17, 15) is 14.7 Å². The maximum Gasteiger partial charge on any atom is 0.341 e. The fraction of sp³-hybridized carbons (Fsp3) is 0.278. The number of hydrogen-bond donors (Lipinski definition) is 2. The zero-order valence-corrected chi connectivity index (χ0v) is 13.7. The van der Waals surface area contributed by atoms with Gasteiger partial charge in [0.25, 0.3) is 5.91 Å². The van der Waals surface area contributed by atoms with Crippen molar-refractivity contribution in [3.05, 3.63) is 53.3 Å². The van der Waals surface area contributed by atoms with Crippen LogP contribution in [0.4, 0.5) is 5.69 Å². The molecule has 0 aliphatic rings. The number of nitrogens with zero attached hydrogens (tertiary/aromatic N) is 1. The number of phenols is 1. The molecule has 1 amide bonds. The summed E-state index contributed by atoms with van der Waals surface area (Å²) in [7, 11) is 1.23. The monoisotopic (exact) mass is 328 g/mol. The molecule has 0 spiro atoms. The van der Waals surface area contributed by atoms with Crippen LogP contribution in [-0.4, -0.2) is 29.1 Å². The number of phenolic OH excluding ortho intramolecular Hbond substituents is 1. The molecular weight excluding hydrogens is 308 g/mol. The minimum Gasteiger partial charge on any atom is -0.507 e. The molecule has 1 heterocycles. The van der Waals surface area contributed by atoms with Crippen molar-refractivity contribution >= 4 is 17.6 Å². The highest BCUT2D eigenvalue weighted by molar-refractivity contribution is 6.03. The number of carbonyl (C=O) groups excluding carboxylic acids is 2. The summed E-state index contributed by atoms with van der Waals surface area (Å²) in [6.07, 6.45) is 4.82. The molecule has 0 saturated heterocycles. The van der Waals surface area contributed by atoms with Crippen LogP contribution >= 0.6 is 0 Å². The standard InChI is InChI=1S/C18H20N2O4/c1-3-4-5-12-6-9-15(19-11-12)17(22)20-13-7-8-14(16(21)10-13)18(23)24-2/h6-11,21H,3-5H2,1-2H3,(H,20,22). The van der Waals surface area contributed by atoms with Crippen molar-refractivity contribution < 1.29 is 19.4 Å². The molecule has 1 aromatic heterocycles. The lowest BCUT2D eigenvalue weighted by Crippen LogP contribution is -2.14. The lowest BCUT2D eigenvalue weighted by atomic mass is 10.1. The highest BCUT2D eigenvalue weighted by Gasteiger charge is 2.13. The maximum atomic E-state index is 12.2. The Balaban J connectivity index is 2.06. The summed E-state index contributed by atoms with van der Waals surface area (Å²) in [6, 6.07) is 7.75. The Kier molecular flexibility index (Phi) is 5.89. The predicted molar refractivity (Wildman–Crippen MR) is 90.2 cm³/mol. The van der Waals surface area contributed by atoms with Crippen LogP contribution in [0.1, 0.15) is 46.2 Å². The van der Waals surface area contributed by atoms with Crippen molar-refractivity contribution in [2.75, 3.05) is 12.4 Å². The first-order valence-electron chi connectivity index (χ1n) is 7.72. The molecule has 6 nitrogen and oxygen atoms in total. The molecule has 2 N–H and O–H groups in total. The fourth-order valence-corrected chi connectivity index (χ4v) is 2.17. The number of aryl methyl sites for hydroxylation is 1. The van der Waals surface area contributed by atoms with E-state index in [4.69, 9.17) is 0 Å². The van der Waals surface area contributed by atoms with E-state index >= 15 is 0 Å². The number of esters is 1. The number of ether oxygens (including phenoxy) is 1. The third kappa shape index (κ3) is 4.32. The van der Waals surface area contributed by atoms with Gasteiger partial charge in [0.1, 0.15) is 17.0 Å². The van der Waals surface area contributed by atoms with Gasteiger partial charge < -0.3 is 15.2 Å². The Morgan fingerprint density at radius 1 is 1.25 bits per heavy atom. The number of nitrogens with one attached hydrogen (secondary N) is 1. The molecule has 0 unspecified atom stereocenters. The number of aromatic nitrogens is 1. The molecule has 0 fully saturated rings. The minimum absolute atomic E-state index is 0.0360. The van der Waals surface area contributed by atoms with E-state index < -0.39 is 5.97 Å². The Morgan fingerprint density at radius 2 is 2.04 bits per heavy atom. The molecule has 0 bridgehead atoms. The van der Waals surface area contributed by atoms with Gasteiger partial charge in [-0.05, 0) is 36.6 Å². The van der Waals surface area contributed by atoms with Crippen LogP contribution in [0.3, 0.4) is 0 Å². The summed E-state index contributed by atoms with van der Waals surface area (Å²) >= 11 is 0. The second-order valence-corrected chi connectivity index (χ2v) is 5.33. The van der Waals surface area contributed by atoms with Crippen molar-refractivity contribution in [1.29, 1.82) is 0 Å². The Morgan fingerprint density at radius 3 is 2.62 bits per heavy atom. The van der Waals surface area contributed by atoms with Crippen LogP contribution in [0.25, 0.3) is 0 Å². The van der Waals surface area contributed by atoms with E-state index in [1.165, 1.54) is 25.3 Å². The summed E-state index contributed by atoms with van der Waals surface area (Å²) in [4.78, 5) is 27.8. The lowest BCUT2D eigenvalue weighted by Gasteiger charge is -2.08. The van der Waals surface area contributed by atoms with E-state index in [2.05, 4.69) is 22.0 Å². The van der Waals surface area contributed by atoms with Crippen molar-refractivity contribution in [1.82, 2.24) is 4.98 Å². The van der Waals surface area contributed by atoms with Crippen LogP contribution in [0, 0.1) is 0 Å². The molecular formula is C18H20N2O4. The maximum absolute atomic E-state index is 12.2. The molecule has 126 valence electrons. The van der Waals surface area contributed by atoms with Gasteiger partial charge in [-0.3, -0.25) is 9.78 Å². The van der Waals surface area contributed by atoms with Gasteiger partial charge in [-0.1, -0.05) is 19.4 Å². The smallest absolute Gasteiger partial charge is 0.341 e.